The van der Waals surface area contributed by atoms with Crippen molar-refractivity contribution in [1.29, 1.82) is 0 Å². The van der Waals surface area contributed by atoms with E-state index in [9.17, 15) is 9.59 Å². The number of rotatable bonds is 6. The summed E-state index contributed by atoms with van der Waals surface area (Å²) in [5.41, 5.74) is 0. The number of nitrogens with zero attached hydrogens (tertiary/aromatic N) is 1. The fourth-order valence-corrected chi connectivity index (χ4v) is 1.16. The van der Waals surface area contributed by atoms with Gasteiger partial charge in [0.15, 0.2) is 0 Å². The third-order valence-corrected chi connectivity index (χ3v) is 1.86. The molecule has 0 spiro atoms. The van der Waals surface area contributed by atoms with Crippen LogP contribution in [0.5, 0.6) is 0 Å². The molecule has 0 heterocycles. The van der Waals surface area contributed by atoms with Crippen LogP contribution in [0.25, 0.3) is 0 Å². The minimum absolute atomic E-state index is 0.125. The van der Waals surface area contributed by atoms with Gasteiger partial charge >= 0.3 is 11.9 Å². The predicted octanol–water partition coefficient (Wildman–Crippen LogP) is 0.489. The van der Waals surface area contributed by atoms with Crippen LogP contribution in [0.1, 0.15) is 19.8 Å². The zero-order valence-corrected chi connectivity index (χ0v) is 9.82. The highest BCUT2D eigenvalue weighted by Crippen LogP contribution is 2.07. The number of ether oxygens (including phenoxy) is 1. The lowest BCUT2D eigenvalue weighted by Crippen LogP contribution is -2.38. The highest BCUT2D eigenvalue weighted by Gasteiger charge is 2.19. The van der Waals surface area contributed by atoms with Crippen molar-refractivity contribution in [2.45, 2.75) is 25.9 Å². The van der Waals surface area contributed by atoms with Crippen molar-refractivity contribution in [3.8, 4) is 0 Å². The smallest absolute Gasteiger partial charge is 0.307 e. The lowest BCUT2D eigenvalue weighted by molar-refractivity contribution is -0.870. The van der Waals surface area contributed by atoms with Gasteiger partial charge in [-0.3, -0.25) is 9.59 Å². The monoisotopic (exact) mass is 218 g/mol. The maximum atomic E-state index is 10.7. The number of carboxylic acids is 1. The Morgan fingerprint density at radius 3 is 2.20 bits per heavy atom. The lowest BCUT2D eigenvalue weighted by atomic mass is 10.1. The number of hydrogen-bond acceptors (Lipinski definition) is 3. The summed E-state index contributed by atoms with van der Waals surface area (Å²) in [4.78, 5) is 21.3. The van der Waals surface area contributed by atoms with Crippen LogP contribution in [-0.2, 0) is 14.3 Å². The van der Waals surface area contributed by atoms with Crippen molar-refractivity contribution < 1.29 is 23.9 Å². The number of esters is 1. The number of carboxylic acid groups (broad SMARTS) is 1. The van der Waals surface area contributed by atoms with Gasteiger partial charge in [-0.15, -0.1) is 0 Å². The van der Waals surface area contributed by atoms with Gasteiger partial charge in [0.1, 0.15) is 6.10 Å². The van der Waals surface area contributed by atoms with Crippen LogP contribution in [0.3, 0.4) is 0 Å². The number of aliphatic carboxylic acids is 1. The quantitative estimate of drug-likeness (QED) is 0.520. The molecule has 0 amide bonds. The summed E-state index contributed by atoms with van der Waals surface area (Å²) in [6.45, 7) is 2.06. The van der Waals surface area contributed by atoms with Crippen LogP contribution in [0.2, 0.25) is 0 Å². The molecule has 0 aromatic rings. The molecule has 0 bridgehead atoms. The van der Waals surface area contributed by atoms with Gasteiger partial charge in [0.2, 0.25) is 0 Å². The summed E-state index contributed by atoms with van der Waals surface area (Å²) in [5, 5.41) is 8.63. The van der Waals surface area contributed by atoms with Gasteiger partial charge in [0.05, 0.1) is 34.1 Å². The van der Waals surface area contributed by atoms with Crippen molar-refractivity contribution >= 4 is 11.9 Å². The first-order valence-corrected chi connectivity index (χ1v) is 4.90. The molecule has 1 N–H and O–H groups in total. The summed E-state index contributed by atoms with van der Waals surface area (Å²) in [6.07, 6.45) is -0.0769. The molecule has 1 atom stereocenters. The summed E-state index contributed by atoms with van der Waals surface area (Å²) >= 11 is 0. The number of quaternary nitrogens is 1. The van der Waals surface area contributed by atoms with E-state index >= 15 is 0 Å². The molecular weight excluding hydrogens is 198 g/mol. The van der Waals surface area contributed by atoms with E-state index in [1.54, 1.807) is 0 Å². The van der Waals surface area contributed by atoms with Gasteiger partial charge in [0.25, 0.3) is 0 Å². The third kappa shape index (κ3) is 9.21. The van der Waals surface area contributed by atoms with E-state index in [1.165, 1.54) is 6.92 Å². The fraction of sp³-hybridized carbons (Fsp3) is 0.800. The SMILES string of the molecule is CC(=O)O[C@@H](CC[N+](C)(C)C)CC(=O)O. The van der Waals surface area contributed by atoms with Crippen LogP contribution in [0.15, 0.2) is 0 Å². The van der Waals surface area contributed by atoms with Crippen molar-refractivity contribution in [1.82, 2.24) is 0 Å². The maximum absolute atomic E-state index is 10.7. The Morgan fingerprint density at radius 1 is 1.33 bits per heavy atom. The fourth-order valence-electron chi connectivity index (χ4n) is 1.16. The van der Waals surface area contributed by atoms with Crippen LogP contribution in [0, 0.1) is 0 Å². The highest BCUT2D eigenvalue weighted by molar-refractivity contribution is 5.69. The average molecular weight is 218 g/mol. The van der Waals surface area contributed by atoms with Gasteiger partial charge < -0.3 is 14.3 Å². The molecule has 0 aliphatic heterocycles. The molecule has 88 valence electrons. The molecule has 0 aromatic carbocycles. The molecule has 5 heteroatoms. The molecule has 0 saturated carbocycles. The van der Waals surface area contributed by atoms with E-state index < -0.39 is 18.0 Å². The topological polar surface area (TPSA) is 63.6 Å². The summed E-state index contributed by atoms with van der Waals surface area (Å²) in [6, 6.07) is 0. The molecule has 0 saturated heterocycles. The van der Waals surface area contributed by atoms with Crippen LogP contribution in [0.4, 0.5) is 0 Å². The summed E-state index contributed by atoms with van der Waals surface area (Å²) in [7, 11) is 6.02. The lowest BCUT2D eigenvalue weighted by Gasteiger charge is -2.26. The van der Waals surface area contributed by atoms with Crippen molar-refractivity contribution in [3.05, 3.63) is 0 Å². The Balaban J connectivity index is 4.12. The second-order valence-electron chi connectivity index (χ2n) is 4.63. The molecule has 15 heavy (non-hydrogen) atoms. The van der Waals surface area contributed by atoms with Crippen LogP contribution >= 0.6 is 0 Å². The molecule has 0 aromatic heterocycles. The van der Waals surface area contributed by atoms with E-state index in [0.717, 1.165) is 11.0 Å². The first-order valence-electron chi connectivity index (χ1n) is 4.90. The minimum atomic E-state index is -0.942. The van der Waals surface area contributed by atoms with Gasteiger partial charge in [-0.1, -0.05) is 0 Å². The first-order chi connectivity index (χ1) is 6.70. The molecule has 0 rings (SSSR count). The van der Waals surface area contributed by atoms with E-state index in [1.807, 2.05) is 21.1 Å². The Labute approximate surface area is 90.2 Å². The largest absolute Gasteiger partial charge is 0.481 e. The van der Waals surface area contributed by atoms with Crippen molar-refractivity contribution in [3.63, 3.8) is 0 Å². The normalized spacial score (nSPS) is 13.3. The molecule has 0 aliphatic carbocycles. The standard InChI is InChI=1S/C10H19NO4/c1-8(12)15-9(7-10(13)14)5-6-11(2,3)4/h9H,5-7H2,1-4H3/p+1/t9-/m0/s1. The minimum Gasteiger partial charge on any atom is -0.481 e. The van der Waals surface area contributed by atoms with Crippen molar-refractivity contribution in [2.75, 3.05) is 27.7 Å². The Kier molecular flexibility index (Phi) is 5.28. The molecular formula is C10H20NO4+. The van der Waals surface area contributed by atoms with Crippen LogP contribution < -0.4 is 0 Å². The van der Waals surface area contributed by atoms with E-state index in [2.05, 4.69) is 0 Å². The number of hydrogen-bond donors (Lipinski definition) is 1. The predicted molar refractivity (Wildman–Crippen MR) is 55.3 cm³/mol. The van der Waals surface area contributed by atoms with E-state index in [0.29, 0.717) is 6.42 Å². The van der Waals surface area contributed by atoms with Gasteiger partial charge in [-0.25, -0.2) is 0 Å². The highest BCUT2D eigenvalue weighted by atomic mass is 16.5. The second kappa shape index (κ2) is 5.70. The van der Waals surface area contributed by atoms with Gasteiger partial charge in [-0.05, 0) is 0 Å². The zero-order valence-electron chi connectivity index (χ0n) is 9.82. The molecule has 0 unspecified atom stereocenters. The molecule has 0 fully saturated rings. The number of carbonyl (C=O) groups is 2. The molecule has 0 radical (unpaired) electrons. The Bertz CT molecular complexity index is 216. The average Bonchev–Trinajstić information content (AvgIpc) is 1.96. The third-order valence-electron chi connectivity index (χ3n) is 1.86. The van der Waals surface area contributed by atoms with E-state index in [-0.39, 0.29) is 6.42 Å². The Morgan fingerprint density at radius 2 is 1.87 bits per heavy atom. The first kappa shape index (κ1) is 13.9. The van der Waals surface area contributed by atoms with E-state index in [4.69, 9.17) is 9.84 Å². The maximum Gasteiger partial charge on any atom is 0.307 e. The summed E-state index contributed by atoms with van der Waals surface area (Å²) in [5.74, 6) is -1.37. The van der Waals surface area contributed by atoms with Gasteiger partial charge in [-0.2, -0.15) is 0 Å². The summed E-state index contributed by atoms with van der Waals surface area (Å²) < 4.78 is 5.65. The second-order valence-corrected chi connectivity index (χ2v) is 4.63. The van der Waals surface area contributed by atoms with Crippen molar-refractivity contribution in [2.24, 2.45) is 0 Å². The number of carbonyl (C=O) groups excluding carboxylic acids is 1. The molecule has 0 aliphatic rings. The Hall–Kier alpha value is -1.10. The van der Waals surface area contributed by atoms with Crippen LogP contribution in [-0.4, -0.2) is 55.3 Å². The zero-order chi connectivity index (χ0) is 12.1. The molecule has 5 nitrogen and oxygen atoms in total. The van der Waals surface area contributed by atoms with Gasteiger partial charge in [0, 0.05) is 13.3 Å².